The molecule has 0 heterocycles. The largest absolute Gasteiger partial charge is 0.403 e. The second-order valence-electron chi connectivity index (χ2n) is 14.3. The van der Waals surface area contributed by atoms with Gasteiger partial charge in [-0.15, -0.1) is 0 Å². The predicted octanol–water partition coefficient (Wildman–Crippen LogP) is 7.32. The van der Waals surface area contributed by atoms with Crippen LogP contribution in [-0.4, -0.2) is 29.8 Å². The third-order valence-electron chi connectivity index (χ3n) is 11.3. The maximum absolute atomic E-state index is 7.95. The Kier molecular flexibility index (Phi) is 9.57. The Labute approximate surface area is 326 Å². The molecule has 0 unspecified atom stereocenters. The third kappa shape index (κ3) is 6.04. The van der Waals surface area contributed by atoms with Crippen molar-refractivity contribution >= 4 is 47.8 Å². The minimum Gasteiger partial charge on any atom is -0.403 e. The maximum Gasteiger partial charge on any atom is 0.288 e. The third-order valence-corrected chi connectivity index (χ3v) is 19.4. The lowest BCUT2D eigenvalue weighted by Crippen LogP contribution is -2.71. The molecule has 2 nitrogen and oxygen atoms in total. The van der Waals surface area contributed by atoms with E-state index in [1.54, 1.807) is 0 Å². The van der Waals surface area contributed by atoms with Crippen molar-refractivity contribution in [1.29, 1.82) is 0 Å². The molecule has 0 atom stereocenters. The van der Waals surface area contributed by atoms with Gasteiger partial charge in [0.05, 0.1) is 18.6 Å². The van der Waals surface area contributed by atoms with Gasteiger partial charge in [0, 0.05) is 0 Å². The standard InChI is InChI=1S/C51H42O2Si2/c1-7-23-41(24-8-1)54(42-25-9-2-10-26-42,43-27-11-3-12-28-43)52-39-51(49-37-21-19-35-47(49)48-36-20-22-38-50(48)51)40-53-55(44-29-13-4-14-30-44,45-31-15-5-16-32-45)46-33-17-6-18-34-46/h1-38H,39-40H2. The summed E-state index contributed by atoms with van der Waals surface area (Å²) < 4.78 is 15.9. The Bertz CT molecular complexity index is 2100. The number of hydrogen-bond donors (Lipinski definition) is 0. The Morgan fingerprint density at radius 3 is 0.745 bits per heavy atom. The van der Waals surface area contributed by atoms with Crippen molar-refractivity contribution in [2.45, 2.75) is 5.41 Å². The van der Waals surface area contributed by atoms with Crippen molar-refractivity contribution in [1.82, 2.24) is 0 Å². The molecule has 0 saturated heterocycles. The van der Waals surface area contributed by atoms with Crippen molar-refractivity contribution in [2.24, 2.45) is 0 Å². The first-order valence-electron chi connectivity index (χ1n) is 19.1. The predicted molar refractivity (Wildman–Crippen MR) is 233 cm³/mol. The van der Waals surface area contributed by atoms with E-state index in [4.69, 9.17) is 8.85 Å². The van der Waals surface area contributed by atoms with E-state index in [0.717, 1.165) is 0 Å². The second-order valence-corrected chi connectivity index (χ2v) is 21.1. The van der Waals surface area contributed by atoms with Crippen molar-refractivity contribution in [3.05, 3.63) is 242 Å². The van der Waals surface area contributed by atoms with E-state index in [9.17, 15) is 0 Å². The van der Waals surface area contributed by atoms with Gasteiger partial charge in [-0.1, -0.05) is 231 Å². The first kappa shape index (κ1) is 34.9. The van der Waals surface area contributed by atoms with Gasteiger partial charge in [-0.05, 0) is 53.4 Å². The number of hydrogen-bond acceptors (Lipinski definition) is 2. The number of fused-ring (bicyclic) bond motifs is 3. The summed E-state index contributed by atoms with van der Waals surface area (Å²) in [5, 5.41) is 7.28. The zero-order valence-electron chi connectivity index (χ0n) is 30.7. The van der Waals surface area contributed by atoms with Gasteiger partial charge < -0.3 is 8.85 Å². The van der Waals surface area contributed by atoms with Gasteiger partial charge in [0.1, 0.15) is 0 Å². The summed E-state index contributed by atoms with van der Waals surface area (Å²) in [6, 6.07) is 83.1. The molecule has 0 bridgehead atoms. The Morgan fingerprint density at radius 1 is 0.273 bits per heavy atom. The molecule has 266 valence electrons. The molecule has 0 aromatic heterocycles. The van der Waals surface area contributed by atoms with E-state index >= 15 is 0 Å². The van der Waals surface area contributed by atoms with Crippen LogP contribution in [0, 0.1) is 0 Å². The van der Waals surface area contributed by atoms with Gasteiger partial charge in [0.15, 0.2) is 0 Å². The van der Waals surface area contributed by atoms with Crippen LogP contribution in [0.25, 0.3) is 11.1 Å². The Morgan fingerprint density at radius 2 is 0.491 bits per heavy atom. The molecule has 0 amide bonds. The molecule has 0 spiro atoms. The van der Waals surface area contributed by atoms with Crippen LogP contribution in [0.4, 0.5) is 0 Å². The zero-order valence-corrected chi connectivity index (χ0v) is 32.7. The van der Waals surface area contributed by atoms with Crippen molar-refractivity contribution in [3.8, 4) is 11.1 Å². The maximum atomic E-state index is 7.95. The average molecular weight is 743 g/mol. The molecule has 8 aromatic rings. The number of rotatable bonds is 12. The fourth-order valence-electron chi connectivity index (χ4n) is 8.77. The van der Waals surface area contributed by atoms with Gasteiger partial charge >= 0.3 is 0 Å². The van der Waals surface area contributed by atoms with Crippen LogP contribution in [0.15, 0.2) is 231 Å². The molecule has 8 aromatic carbocycles. The van der Waals surface area contributed by atoms with Crippen LogP contribution in [0.5, 0.6) is 0 Å². The summed E-state index contributed by atoms with van der Waals surface area (Å²) in [6.45, 7) is 0.851. The molecule has 9 rings (SSSR count). The Balaban J connectivity index is 1.27. The van der Waals surface area contributed by atoms with Crippen LogP contribution in [-0.2, 0) is 14.3 Å². The molecule has 0 fully saturated rings. The monoisotopic (exact) mass is 742 g/mol. The number of benzene rings is 8. The highest BCUT2D eigenvalue weighted by molar-refractivity contribution is 7.07. The minimum absolute atomic E-state index is 0.425. The Hall–Kier alpha value is -5.89. The molecule has 0 saturated carbocycles. The van der Waals surface area contributed by atoms with Crippen molar-refractivity contribution in [3.63, 3.8) is 0 Å². The smallest absolute Gasteiger partial charge is 0.288 e. The van der Waals surface area contributed by atoms with E-state index in [0.29, 0.717) is 13.2 Å². The van der Waals surface area contributed by atoms with Crippen LogP contribution in [0.2, 0.25) is 0 Å². The first-order valence-corrected chi connectivity index (χ1v) is 22.9. The van der Waals surface area contributed by atoms with Gasteiger partial charge in [-0.2, -0.15) is 0 Å². The highest BCUT2D eigenvalue weighted by atomic mass is 28.4. The van der Waals surface area contributed by atoms with E-state index in [-0.39, 0.29) is 0 Å². The van der Waals surface area contributed by atoms with Crippen molar-refractivity contribution < 1.29 is 8.85 Å². The van der Waals surface area contributed by atoms with Crippen LogP contribution in [0.1, 0.15) is 11.1 Å². The summed E-state index contributed by atoms with van der Waals surface area (Å²) >= 11 is 0. The lowest BCUT2D eigenvalue weighted by Gasteiger charge is -2.41. The van der Waals surface area contributed by atoms with E-state index in [2.05, 4.69) is 231 Å². The minimum atomic E-state index is -3.09. The van der Waals surface area contributed by atoms with Crippen LogP contribution < -0.4 is 31.1 Å². The SMILES string of the molecule is c1ccc([Si](OCC2(CO[Si](c3ccccc3)(c3ccccc3)c3ccccc3)c3ccccc3-c3ccccc32)(c2ccccc2)c2ccccc2)cc1. The topological polar surface area (TPSA) is 18.5 Å². The van der Waals surface area contributed by atoms with E-state index in [1.807, 2.05) is 0 Å². The van der Waals surface area contributed by atoms with Gasteiger partial charge in [0.25, 0.3) is 16.6 Å². The summed E-state index contributed by atoms with van der Waals surface area (Å²) in [6.07, 6.45) is 0. The van der Waals surface area contributed by atoms with Gasteiger partial charge in [0.2, 0.25) is 0 Å². The highest BCUT2D eigenvalue weighted by Crippen LogP contribution is 2.50. The quantitative estimate of drug-likeness (QED) is 0.0966. The summed E-state index contributed by atoms with van der Waals surface area (Å²) in [5.74, 6) is 0. The molecular weight excluding hydrogens is 701 g/mol. The molecule has 0 radical (unpaired) electrons. The molecule has 0 N–H and O–H groups in total. The fraction of sp³-hybridized carbons (Fsp3) is 0.0588. The zero-order chi connectivity index (χ0) is 37.0. The second kappa shape index (κ2) is 15.1. The summed E-state index contributed by atoms with van der Waals surface area (Å²) in [4.78, 5) is 0. The lowest BCUT2D eigenvalue weighted by atomic mass is 9.80. The normalized spacial score (nSPS) is 13.2. The molecule has 4 heteroatoms. The van der Waals surface area contributed by atoms with Gasteiger partial charge in [-0.25, -0.2) is 0 Å². The molecular formula is C51H42O2Si2. The molecule has 1 aliphatic rings. The molecule has 1 aliphatic carbocycles. The molecule has 55 heavy (non-hydrogen) atoms. The van der Waals surface area contributed by atoms with Crippen molar-refractivity contribution in [2.75, 3.05) is 13.2 Å². The van der Waals surface area contributed by atoms with Gasteiger partial charge in [-0.3, -0.25) is 0 Å². The molecule has 0 aliphatic heterocycles. The fourth-order valence-corrected chi connectivity index (χ4v) is 16.7. The van der Waals surface area contributed by atoms with Crippen LogP contribution in [0.3, 0.4) is 0 Å². The summed E-state index contributed by atoms with van der Waals surface area (Å²) in [7, 11) is -6.18. The first-order chi connectivity index (χ1) is 27.3. The average Bonchev–Trinajstić information content (AvgIpc) is 3.56. The highest BCUT2D eigenvalue weighted by Gasteiger charge is 2.51. The van der Waals surface area contributed by atoms with E-state index < -0.39 is 22.0 Å². The van der Waals surface area contributed by atoms with Crippen LogP contribution >= 0.6 is 0 Å². The lowest BCUT2D eigenvalue weighted by molar-refractivity contribution is 0.172. The summed E-state index contributed by atoms with van der Waals surface area (Å²) in [5.41, 5.74) is 4.34. The van der Waals surface area contributed by atoms with E-state index in [1.165, 1.54) is 53.4 Å².